The molecule has 0 saturated heterocycles. The van der Waals surface area contributed by atoms with Gasteiger partial charge in [-0.25, -0.2) is 4.79 Å². The second-order valence-corrected chi connectivity index (χ2v) is 5.08. The molecule has 1 amide bonds. The summed E-state index contributed by atoms with van der Waals surface area (Å²) in [5, 5.41) is 3.22. The van der Waals surface area contributed by atoms with Crippen LogP contribution in [0.4, 0.5) is 10.5 Å². The zero-order valence-electron chi connectivity index (χ0n) is 9.90. The minimum atomic E-state index is -0.502. The molecule has 5 heteroatoms. The summed E-state index contributed by atoms with van der Waals surface area (Å²) < 4.78 is 5.82. The van der Waals surface area contributed by atoms with E-state index in [0.29, 0.717) is 10.7 Å². The largest absolute Gasteiger partial charge is 0.444 e. The van der Waals surface area contributed by atoms with Crippen LogP contribution in [0.25, 0.3) is 0 Å². The van der Waals surface area contributed by atoms with Gasteiger partial charge in [-0.15, -0.1) is 0 Å². The van der Waals surface area contributed by atoms with Crippen LogP contribution in [-0.2, 0) is 11.3 Å². The Morgan fingerprint density at radius 1 is 1.21 bits per heavy atom. The molecule has 0 heterocycles. The molecule has 2 rings (SSSR count). The molecule has 0 aromatic heterocycles. The van der Waals surface area contributed by atoms with Crippen molar-refractivity contribution in [2.24, 2.45) is 0 Å². The first-order valence-electron chi connectivity index (χ1n) is 5.58. The molecule has 0 aliphatic rings. The number of carbonyl (C=O) groups excluding carboxylic acids is 1. The van der Waals surface area contributed by atoms with Crippen molar-refractivity contribution in [1.29, 1.82) is 0 Å². The third-order valence-corrected chi connectivity index (χ3v) is 3.59. The fraction of sp³-hybridized carbons (Fsp3) is 0.0714. The maximum Gasteiger partial charge on any atom is 0.411 e. The van der Waals surface area contributed by atoms with E-state index >= 15 is 0 Å². The summed E-state index contributed by atoms with van der Waals surface area (Å²) in [6.45, 7) is 0.238. The molecule has 19 heavy (non-hydrogen) atoms. The van der Waals surface area contributed by atoms with E-state index < -0.39 is 6.09 Å². The van der Waals surface area contributed by atoms with Gasteiger partial charge in [0.2, 0.25) is 0 Å². The minimum Gasteiger partial charge on any atom is -0.444 e. The van der Waals surface area contributed by atoms with Crippen LogP contribution in [0.1, 0.15) is 5.56 Å². The maximum absolute atomic E-state index is 11.6. The van der Waals surface area contributed by atoms with Crippen LogP contribution < -0.4 is 5.32 Å². The van der Waals surface area contributed by atoms with Crippen LogP contribution in [-0.4, -0.2) is 6.09 Å². The van der Waals surface area contributed by atoms with E-state index in [0.717, 1.165) is 10.0 Å². The molecule has 0 spiro atoms. The van der Waals surface area contributed by atoms with Crippen molar-refractivity contribution in [2.75, 3.05) is 5.32 Å². The van der Waals surface area contributed by atoms with Crippen LogP contribution in [0, 0.1) is 0 Å². The molecule has 0 aliphatic heterocycles. The molecule has 2 aromatic rings. The van der Waals surface area contributed by atoms with Crippen molar-refractivity contribution < 1.29 is 9.53 Å². The van der Waals surface area contributed by atoms with Gasteiger partial charge in [-0.2, -0.15) is 0 Å². The van der Waals surface area contributed by atoms with Crippen molar-refractivity contribution in [2.45, 2.75) is 6.61 Å². The first-order chi connectivity index (χ1) is 9.15. The Balaban J connectivity index is 1.89. The van der Waals surface area contributed by atoms with Crippen molar-refractivity contribution in [1.82, 2.24) is 0 Å². The number of halogens is 2. The van der Waals surface area contributed by atoms with Crippen LogP contribution in [0.3, 0.4) is 0 Å². The van der Waals surface area contributed by atoms with Gasteiger partial charge >= 0.3 is 6.09 Å². The Hall–Kier alpha value is -1.52. The normalized spacial score (nSPS) is 10.0. The van der Waals surface area contributed by atoms with E-state index in [1.165, 1.54) is 0 Å². The lowest BCUT2D eigenvalue weighted by Gasteiger charge is -2.07. The van der Waals surface area contributed by atoms with Crippen molar-refractivity contribution >= 4 is 39.3 Å². The van der Waals surface area contributed by atoms with E-state index in [9.17, 15) is 4.79 Å². The lowest BCUT2D eigenvalue weighted by Crippen LogP contribution is -2.13. The number of amides is 1. The van der Waals surface area contributed by atoms with Crippen molar-refractivity contribution in [3.8, 4) is 0 Å². The van der Waals surface area contributed by atoms with Crippen molar-refractivity contribution in [3.63, 3.8) is 0 Å². The van der Waals surface area contributed by atoms with Crippen LogP contribution in [0.15, 0.2) is 53.0 Å². The number of anilines is 1. The number of hydrogen-bond acceptors (Lipinski definition) is 2. The van der Waals surface area contributed by atoms with Gasteiger partial charge in [0.1, 0.15) is 6.61 Å². The Bertz CT molecular complexity index is 575. The van der Waals surface area contributed by atoms with Gasteiger partial charge in [-0.1, -0.05) is 41.9 Å². The van der Waals surface area contributed by atoms with E-state index in [-0.39, 0.29) is 6.61 Å². The summed E-state index contributed by atoms with van der Waals surface area (Å²) in [7, 11) is 0. The number of hydrogen-bond donors (Lipinski definition) is 1. The lowest BCUT2D eigenvalue weighted by molar-refractivity contribution is 0.155. The van der Waals surface area contributed by atoms with E-state index in [1.807, 2.05) is 30.3 Å². The molecule has 3 nitrogen and oxygen atoms in total. The van der Waals surface area contributed by atoms with Crippen LogP contribution in [0.2, 0.25) is 5.02 Å². The second-order valence-electron chi connectivity index (χ2n) is 3.82. The predicted molar refractivity (Wildman–Crippen MR) is 79.4 cm³/mol. The van der Waals surface area contributed by atoms with Gasteiger partial charge in [0.15, 0.2) is 0 Å². The highest BCUT2D eigenvalue weighted by Crippen LogP contribution is 2.25. The highest BCUT2D eigenvalue weighted by atomic mass is 79.9. The molecule has 0 aliphatic carbocycles. The fourth-order valence-electron chi connectivity index (χ4n) is 1.45. The summed E-state index contributed by atoms with van der Waals surface area (Å²) in [4.78, 5) is 11.6. The molecule has 2 aromatic carbocycles. The summed E-state index contributed by atoms with van der Waals surface area (Å²) in [6, 6.07) is 14.6. The average molecular weight is 341 g/mol. The predicted octanol–water partition coefficient (Wildman–Crippen LogP) is 4.85. The highest BCUT2D eigenvalue weighted by molar-refractivity contribution is 9.10. The zero-order chi connectivity index (χ0) is 13.7. The topological polar surface area (TPSA) is 38.3 Å². The van der Waals surface area contributed by atoms with Gasteiger partial charge < -0.3 is 4.74 Å². The van der Waals surface area contributed by atoms with Gasteiger partial charge in [-0.3, -0.25) is 5.32 Å². The Morgan fingerprint density at radius 2 is 1.95 bits per heavy atom. The molecule has 0 bridgehead atoms. The fourth-order valence-corrected chi connectivity index (χ4v) is 1.95. The van der Waals surface area contributed by atoms with Gasteiger partial charge in [0.05, 0.1) is 5.02 Å². The molecular weight excluding hydrogens is 330 g/mol. The quantitative estimate of drug-likeness (QED) is 0.867. The monoisotopic (exact) mass is 339 g/mol. The third-order valence-electron chi connectivity index (χ3n) is 2.38. The molecule has 0 radical (unpaired) electrons. The summed E-state index contributed by atoms with van der Waals surface area (Å²) >= 11 is 9.16. The zero-order valence-corrected chi connectivity index (χ0v) is 12.2. The first-order valence-corrected chi connectivity index (χ1v) is 6.75. The standard InChI is InChI=1S/C14H11BrClNO2/c15-12-8-11(6-7-13(12)16)17-14(18)19-9-10-4-2-1-3-5-10/h1-8H,9H2,(H,17,18). The third kappa shape index (κ3) is 4.26. The number of rotatable bonds is 3. The summed E-state index contributed by atoms with van der Waals surface area (Å²) in [5.41, 5.74) is 1.56. The van der Waals surface area contributed by atoms with Crippen LogP contribution >= 0.6 is 27.5 Å². The van der Waals surface area contributed by atoms with E-state index in [4.69, 9.17) is 16.3 Å². The second kappa shape index (κ2) is 6.59. The van der Waals surface area contributed by atoms with Gasteiger partial charge in [0.25, 0.3) is 0 Å². The summed E-state index contributed by atoms with van der Waals surface area (Å²) in [6.07, 6.45) is -0.502. The Morgan fingerprint density at radius 3 is 2.63 bits per heavy atom. The van der Waals surface area contributed by atoms with Crippen LogP contribution in [0.5, 0.6) is 0 Å². The number of ether oxygens (including phenoxy) is 1. The molecule has 98 valence electrons. The van der Waals surface area contributed by atoms with E-state index in [1.54, 1.807) is 18.2 Å². The average Bonchev–Trinajstić information content (AvgIpc) is 2.42. The molecular formula is C14H11BrClNO2. The van der Waals surface area contributed by atoms with Gasteiger partial charge in [-0.05, 0) is 39.7 Å². The Labute approximate surface area is 124 Å². The molecule has 0 atom stereocenters. The Kier molecular flexibility index (Phi) is 4.82. The number of benzene rings is 2. The first kappa shape index (κ1) is 13.9. The highest BCUT2D eigenvalue weighted by Gasteiger charge is 2.05. The maximum atomic E-state index is 11.6. The smallest absolute Gasteiger partial charge is 0.411 e. The van der Waals surface area contributed by atoms with Gasteiger partial charge in [0, 0.05) is 10.2 Å². The minimum absolute atomic E-state index is 0.238. The molecule has 0 fully saturated rings. The SMILES string of the molecule is O=C(Nc1ccc(Cl)c(Br)c1)OCc1ccccc1. The van der Waals surface area contributed by atoms with Crippen molar-refractivity contribution in [3.05, 3.63) is 63.6 Å². The van der Waals surface area contributed by atoms with E-state index in [2.05, 4.69) is 21.2 Å². The lowest BCUT2D eigenvalue weighted by atomic mass is 10.2. The molecule has 0 unspecified atom stereocenters. The summed E-state index contributed by atoms with van der Waals surface area (Å²) in [5.74, 6) is 0. The molecule has 0 saturated carbocycles. The number of carbonyl (C=O) groups is 1. The molecule has 1 N–H and O–H groups in total. The number of nitrogens with one attached hydrogen (secondary N) is 1.